The Balaban J connectivity index is 1.63. The van der Waals surface area contributed by atoms with Crippen molar-refractivity contribution in [3.63, 3.8) is 0 Å². The summed E-state index contributed by atoms with van der Waals surface area (Å²) in [7, 11) is 0. The molecule has 19 heavy (non-hydrogen) atoms. The number of fused-ring (bicyclic) bond motifs is 1. The van der Waals surface area contributed by atoms with E-state index in [9.17, 15) is 0 Å². The van der Waals surface area contributed by atoms with Gasteiger partial charge in [0.1, 0.15) is 0 Å². The molecule has 1 aromatic heterocycles. The molecule has 0 saturated heterocycles. The van der Waals surface area contributed by atoms with Gasteiger partial charge >= 0.3 is 0 Å². The van der Waals surface area contributed by atoms with Gasteiger partial charge in [-0.15, -0.1) is 0 Å². The highest BCUT2D eigenvalue weighted by Crippen LogP contribution is 2.20. The lowest BCUT2D eigenvalue weighted by atomic mass is 10.2. The summed E-state index contributed by atoms with van der Waals surface area (Å²) in [4.78, 5) is 4.39. The number of nitrogens with one attached hydrogen (secondary N) is 2. The van der Waals surface area contributed by atoms with E-state index in [4.69, 9.17) is 11.6 Å². The summed E-state index contributed by atoms with van der Waals surface area (Å²) in [6.07, 6.45) is 3.22. The molecular weight excluding hydrogens is 260 g/mol. The lowest BCUT2D eigenvalue weighted by Gasteiger charge is -2.16. The van der Waals surface area contributed by atoms with Crippen LogP contribution in [-0.4, -0.2) is 30.2 Å². The van der Waals surface area contributed by atoms with Gasteiger partial charge in [0.25, 0.3) is 0 Å². The van der Waals surface area contributed by atoms with Gasteiger partial charge in [0.05, 0.1) is 0 Å². The van der Waals surface area contributed by atoms with Crippen molar-refractivity contribution < 1.29 is 0 Å². The fourth-order valence-corrected chi connectivity index (χ4v) is 2.49. The monoisotopic (exact) mass is 276 g/mol. The zero-order chi connectivity index (χ0) is 13.1. The molecule has 0 fully saturated rings. The zero-order valence-electron chi connectivity index (χ0n) is 10.7. The van der Waals surface area contributed by atoms with Crippen LogP contribution in [-0.2, 0) is 6.54 Å². The number of hydrogen-bond acceptors (Lipinski definition) is 3. The number of rotatable bonds is 3. The molecule has 0 saturated carbocycles. The molecule has 2 N–H and O–H groups in total. The number of hydrogen-bond donors (Lipinski definition) is 2. The van der Waals surface area contributed by atoms with Gasteiger partial charge in [-0.25, -0.2) is 0 Å². The first kappa shape index (κ1) is 12.4. The Morgan fingerprint density at radius 1 is 1.37 bits per heavy atom. The van der Waals surface area contributed by atoms with Crippen LogP contribution in [0.15, 0.2) is 35.5 Å². The third-order valence-electron chi connectivity index (χ3n) is 3.28. The molecule has 3 rings (SSSR count). The van der Waals surface area contributed by atoms with Crippen LogP contribution in [0.25, 0.3) is 10.9 Å². The van der Waals surface area contributed by atoms with Crippen LogP contribution in [0.5, 0.6) is 0 Å². The molecule has 5 heteroatoms. The molecule has 0 atom stereocenters. The number of guanidine groups is 1. The van der Waals surface area contributed by atoms with E-state index in [1.165, 1.54) is 10.9 Å². The van der Waals surface area contributed by atoms with Gasteiger partial charge in [-0.3, -0.25) is 4.99 Å². The van der Waals surface area contributed by atoms with Gasteiger partial charge in [-0.2, -0.15) is 0 Å². The standard InChI is InChI=1S/C14H17ClN4/c15-12-2-3-13-11(10-12)4-8-19(13)9-7-18-14-16-5-1-6-17-14/h2-4,8,10H,1,5-7,9H2,(H2,16,17,18). The van der Waals surface area contributed by atoms with Crippen LogP contribution in [0.3, 0.4) is 0 Å². The van der Waals surface area contributed by atoms with Gasteiger partial charge < -0.3 is 15.2 Å². The first-order valence-corrected chi connectivity index (χ1v) is 6.97. The maximum absolute atomic E-state index is 5.99. The molecule has 1 aliphatic rings. The minimum Gasteiger partial charge on any atom is -0.356 e. The van der Waals surface area contributed by atoms with E-state index in [1.54, 1.807) is 0 Å². The Morgan fingerprint density at radius 3 is 3.16 bits per heavy atom. The largest absolute Gasteiger partial charge is 0.356 e. The molecule has 1 aromatic carbocycles. The number of nitrogens with zero attached hydrogens (tertiary/aromatic N) is 2. The highest BCUT2D eigenvalue weighted by molar-refractivity contribution is 6.31. The van der Waals surface area contributed by atoms with E-state index >= 15 is 0 Å². The Morgan fingerprint density at radius 2 is 2.32 bits per heavy atom. The molecule has 0 amide bonds. The van der Waals surface area contributed by atoms with Gasteiger partial charge in [0.15, 0.2) is 5.96 Å². The number of aromatic nitrogens is 1. The van der Waals surface area contributed by atoms with Gasteiger partial charge in [0, 0.05) is 48.3 Å². The Hall–Kier alpha value is -1.68. The van der Waals surface area contributed by atoms with Crippen LogP contribution in [0.2, 0.25) is 5.02 Å². The summed E-state index contributed by atoms with van der Waals surface area (Å²) in [5.41, 5.74) is 1.21. The first-order chi connectivity index (χ1) is 9.33. The number of aliphatic imine (C=N–C) groups is 1. The van der Waals surface area contributed by atoms with Crippen LogP contribution in [0, 0.1) is 0 Å². The highest BCUT2D eigenvalue weighted by atomic mass is 35.5. The molecule has 0 aliphatic carbocycles. The fraction of sp³-hybridized carbons (Fsp3) is 0.357. The van der Waals surface area contributed by atoms with Crippen molar-refractivity contribution in [1.29, 1.82) is 0 Å². The van der Waals surface area contributed by atoms with Crippen molar-refractivity contribution in [2.75, 3.05) is 19.6 Å². The van der Waals surface area contributed by atoms with E-state index in [0.29, 0.717) is 0 Å². The second-order valence-electron chi connectivity index (χ2n) is 4.65. The SMILES string of the molecule is Clc1ccc2c(ccn2CCNC2=NCCCN2)c1. The predicted molar refractivity (Wildman–Crippen MR) is 79.9 cm³/mol. The average molecular weight is 277 g/mol. The maximum atomic E-state index is 5.99. The highest BCUT2D eigenvalue weighted by Gasteiger charge is 2.04. The minimum absolute atomic E-state index is 0.782. The molecule has 0 bridgehead atoms. The number of benzene rings is 1. The summed E-state index contributed by atoms with van der Waals surface area (Å²) in [5, 5.41) is 8.55. The second kappa shape index (κ2) is 5.53. The van der Waals surface area contributed by atoms with Gasteiger partial charge in [0.2, 0.25) is 0 Å². The zero-order valence-corrected chi connectivity index (χ0v) is 11.5. The van der Waals surface area contributed by atoms with E-state index < -0.39 is 0 Å². The summed E-state index contributed by atoms with van der Waals surface area (Å²) >= 11 is 5.99. The lowest BCUT2D eigenvalue weighted by Crippen LogP contribution is -2.41. The minimum atomic E-state index is 0.782. The molecule has 100 valence electrons. The topological polar surface area (TPSA) is 41.4 Å². The Kier molecular flexibility index (Phi) is 3.60. The van der Waals surface area contributed by atoms with Crippen molar-refractivity contribution in [3.05, 3.63) is 35.5 Å². The van der Waals surface area contributed by atoms with Crippen LogP contribution >= 0.6 is 11.6 Å². The Bertz CT molecular complexity index is 603. The van der Waals surface area contributed by atoms with Crippen LogP contribution < -0.4 is 10.6 Å². The fourth-order valence-electron chi connectivity index (χ4n) is 2.31. The van der Waals surface area contributed by atoms with E-state index in [-0.39, 0.29) is 0 Å². The van der Waals surface area contributed by atoms with E-state index in [0.717, 1.165) is 43.6 Å². The van der Waals surface area contributed by atoms with Crippen molar-refractivity contribution >= 4 is 28.5 Å². The molecule has 0 unspecified atom stereocenters. The predicted octanol–water partition coefficient (Wildman–Crippen LogP) is 2.23. The van der Waals surface area contributed by atoms with Crippen molar-refractivity contribution in [3.8, 4) is 0 Å². The molecule has 0 radical (unpaired) electrons. The lowest BCUT2D eigenvalue weighted by molar-refractivity contribution is 0.656. The summed E-state index contributed by atoms with van der Waals surface area (Å²) in [6.45, 7) is 3.70. The van der Waals surface area contributed by atoms with Crippen molar-refractivity contribution in [1.82, 2.24) is 15.2 Å². The quantitative estimate of drug-likeness (QED) is 0.903. The smallest absolute Gasteiger partial charge is 0.191 e. The molecule has 0 spiro atoms. The molecule has 1 aliphatic heterocycles. The Labute approximate surface area is 117 Å². The molecule has 2 aromatic rings. The summed E-state index contributed by atoms with van der Waals surface area (Å²) < 4.78 is 2.22. The third kappa shape index (κ3) is 2.84. The maximum Gasteiger partial charge on any atom is 0.191 e. The third-order valence-corrected chi connectivity index (χ3v) is 3.51. The normalized spacial score (nSPS) is 15.1. The molecule has 2 heterocycles. The van der Waals surface area contributed by atoms with E-state index in [1.807, 2.05) is 12.1 Å². The summed E-state index contributed by atoms with van der Waals surface area (Å²) in [5.74, 6) is 0.922. The van der Waals surface area contributed by atoms with Gasteiger partial charge in [-0.1, -0.05) is 11.6 Å². The van der Waals surface area contributed by atoms with Crippen molar-refractivity contribution in [2.24, 2.45) is 4.99 Å². The first-order valence-electron chi connectivity index (χ1n) is 6.59. The molecular formula is C14H17ClN4. The second-order valence-corrected chi connectivity index (χ2v) is 5.09. The molecule has 4 nitrogen and oxygen atoms in total. The summed E-state index contributed by atoms with van der Waals surface area (Å²) in [6, 6.07) is 8.08. The average Bonchev–Trinajstić information content (AvgIpc) is 2.82. The van der Waals surface area contributed by atoms with Crippen molar-refractivity contribution in [2.45, 2.75) is 13.0 Å². The van der Waals surface area contributed by atoms with Crippen LogP contribution in [0.4, 0.5) is 0 Å². The number of halogens is 1. The van der Waals surface area contributed by atoms with E-state index in [2.05, 4.69) is 38.5 Å². The van der Waals surface area contributed by atoms with Gasteiger partial charge in [-0.05, 0) is 30.7 Å². The van der Waals surface area contributed by atoms with Crippen LogP contribution in [0.1, 0.15) is 6.42 Å².